The van der Waals surface area contributed by atoms with Gasteiger partial charge in [-0.25, -0.2) is 9.78 Å². The van der Waals surface area contributed by atoms with Crippen molar-refractivity contribution < 1.29 is 9.53 Å². The van der Waals surface area contributed by atoms with E-state index in [1.54, 1.807) is 6.20 Å². The van der Waals surface area contributed by atoms with E-state index in [4.69, 9.17) is 4.74 Å². The van der Waals surface area contributed by atoms with Gasteiger partial charge >= 0.3 is 5.97 Å². The molecule has 1 fully saturated rings. The van der Waals surface area contributed by atoms with Crippen molar-refractivity contribution in [2.24, 2.45) is 0 Å². The Hall–Kier alpha value is -1.36. The number of aromatic nitrogens is 2. The van der Waals surface area contributed by atoms with Crippen LogP contribution in [0.25, 0.3) is 0 Å². The van der Waals surface area contributed by atoms with Crippen molar-refractivity contribution in [2.45, 2.75) is 57.7 Å². The normalized spacial score (nSPS) is 18.4. The summed E-state index contributed by atoms with van der Waals surface area (Å²) in [7, 11) is 1.44. The summed E-state index contributed by atoms with van der Waals surface area (Å²) in [5.74, 6) is 1.10. The Bertz CT molecular complexity index is 451. The average Bonchev–Trinajstić information content (AvgIpc) is 3.03. The van der Waals surface area contributed by atoms with Crippen LogP contribution in [0.2, 0.25) is 0 Å². The van der Waals surface area contributed by atoms with Gasteiger partial charge < -0.3 is 9.30 Å². The number of nitrogens with one attached hydrogen (secondary N) is 1. The average molecular weight is 265 g/mol. The van der Waals surface area contributed by atoms with Crippen LogP contribution >= 0.6 is 0 Å². The minimum Gasteiger partial charge on any atom is -0.468 e. The number of rotatable bonds is 6. The third-order valence-electron chi connectivity index (χ3n) is 3.49. The van der Waals surface area contributed by atoms with Crippen molar-refractivity contribution in [2.75, 3.05) is 7.11 Å². The lowest BCUT2D eigenvalue weighted by Gasteiger charge is -2.29. The quantitative estimate of drug-likeness (QED) is 0.795. The number of carbonyl (C=O) groups is 1. The van der Waals surface area contributed by atoms with E-state index in [9.17, 15) is 4.79 Å². The van der Waals surface area contributed by atoms with Gasteiger partial charge in [-0.05, 0) is 19.8 Å². The molecule has 106 valence electrons. The van der Waals surface area contributed by atoms with E-state index in [-0.39, 0.29) is 5.97 Å². The molecule has 0 spiro atoms. The van der Waals surface area contributed by atoms with Crippen molar-refractivity contribution >= 4 is 5.97 Å². The van der Waals surface area contributed by atoms with Crippen LogP contribution in [0, 0.1) is 0 Å². The highest BCUT2D eigenvalue weighted by Gasteiger charge is 2.40. The van der Waals surface area contributed by atoms with Crippen molar-refractivity contribution in [1.29, 1.82) is 0 Å². The minimum absolute atomic E-state index is 0.220. The molecular formula is C14H23N3O2. The second-order valence-electron chi connectivity index (χ2n) is 5.81. The maximum Gasteiger partial charge on any atom is 0.327 e. The molecule has 1 aromatic rings. The van der Waals surface area contributed by atoms with Gasteiger partial charge in [0.15, 0.2) is 0 Å². The van der Waals surface area contributed by atoms with Crippen LogP contribution in [0.3, 0.4) is 0 Å². The van der Waals surface area contributed by atoms with Crippen LogP contribution in [0.4, 0.5) is 0 Å². The molecule has 5 heteroatoms. The molecule has 1 saturated carbocycles. The van der Waals surface area contributed by atoms with Crippen LogP contribution in [0.15, 0.2) is 12.4 Å². The molecule has 1 atom stereocenters. The molecular weight excluding hydrogens is 242 g/mol. The molecule has 1 aliphatic rings. The minimum atomic E-state index is -0.694. The Morgan fingerprint density at radius 1 is 1.63 bits per heavy atom. The molecule has 0 aliphatic heterocycles. The fourth-order valence-corrected chi connectivity index (χ4v) is 2.37. The fraction of sp³-hybridized carbons (Fsp3) is 0.714. The standard InChI is InChI=1S/C14H23N3O2/c1-10(2)12-15-7-8-17(12)9-14(3,13(18)19-4)16-11-5-6-11/h7-8,10-11,16H,5-6,9H2,1-4H3. The van der Waals surface area contributed by atoms with E-state index in [0.717, 1.165) is 18.7 Å². The molecule has 0 saturated heterocycles. The van der Waals surface area contributed by atoms with Crippen LogP contribution in [-0.4, -0.2) is 34.2 Å². The molecule has 1 aromatic heterocycles. The number of nitrogens with zero attached hydrogens (tertiary/aromatic N) is 2. The van der Waals surface area contributed by atoms with Gasteiger partial charge in [-0.1, -0.05) is 13.8 Å². The molecule has 0 bridgehead atoms. The topological polar surface area (TPSA) is 56.2 Å². The molecule has 1 aliphatic carbocycles. The molecule has 0 radical (unpaired) electrons. The Kier molecular flexibility index (Phi) is 3.94. The first-order valence-corrected chi connectivity index (χ1v) is 6.83. The smallest absolute Gasteiger partial charge is 0.327 e. The van der Waals surface area contributed by atoms with Crippen LogP contribution in [0.1, 0.15) is 45.4 Å². The zero-order valence-electron chi connectivity index (χ0n) is 12.1. The molecule has 1 heterocycles. The second kappa shape index (κ2) is 5.33. The zero-order chi connectivity index (χ0) is 14.0. The largest absolute Gasteiger partial charge is 0.468 e. The number of ether oxygens (including phenoxy) is 1. The fourth-order valence-electron chi connectivity index (χ4n) is 2.37. The van der Waals surface area contributed by atoms with Gasteiger partial charge in [-0.15, -0.1) is 0 Å². The second-order valence-corrected chi connectivity index (χ2v) is 5.81. The van der Waals surface area contributed by atoms with Crippen molar-refractivity contribution in [1.82, 2.24) is 14.9 Å². The van der Waals surface area contributed by atoms with Gasteiger partial charge in [0, 0.05) is 24.4 Å². The van der Waals surface area contributed by atoms with Gasteiger partial charge in [-0.3, -0.25) is 5.32 Å². The van der Waals surface area contributed by atoms with Crippen LogP contribution in [-0.2, 0) is 16.1 Å². The SMILES string of the molecule is COC(=O)C(C)(Cn1ccnc1C(C)C)NC1CC1. The lowest BCUT2D eigenvalue weighted by Crippen LogP contribution is -2.54. The Morgan fingerprint density at radius 3 is 2.84 bits per heavy atom. The lowest BCUT2D eigenvalue weighted by molar-refractivity contribution is -0.148. The van der Waals surface area contributed by atoms with Gasteiger partial charge in [0.2, 0.25) is 0 Å². The Morgan fingerprint density at radius 2 is 2.32 bits per heavy atom. The summed E-state index contributed by atoms with van der Waals surface area (Å²) in [6.45, 7) is 6.65. The maximum absolute atomic E-state index is 12.1. The van der Waals surface area contributed by atoms with Crippen molar-refractivity contribution in [3.05, 3.63) is 18.2 Å². The maximum atomic E-state index is 12.1. The summed E-state index contributed by atoms with van der Waals surface area (Å²) < 4.78 is 7.00. The number of imidazole rings is 1. The highest BCUT2D eigenvalue weighted by molar-refractivity contribution is 5.80. The number of esters is 1. The molecule has 0 amide bonds. The molecule has 1 N–H and O–H groups in total. The van der Waals surface area contributed by atoms with Crippen LogP contribution < -0.4 is 5.32 Å². The zero-order valence-corrected chi connectivity index (χ0v) is 12.1. The third-order valence-corrected chi connectivity index (χ3v) is 3.49. The van der Waals surface area contributed by atoms with E-state index in [1.807, 2.05) is 17.7 Å². The van der Waals surface area contributed by atoms with E-state index in [2.05, 4.69) is 24.1 Å². The summed E-state index contributed by atoms with van der Waals surface area (Å²) in [5.41, 5.74) is -0.694. The van der Waals surface area contributed by atoms with E-state index >= 15 is 0 Å². The molecule has 19 heavy (non-hydrogen) atoms. The lowest BCUT2D eigenvalue weighted by atomic mass is 10.0. The van der Waals surface area contributed by atoms with Crippen LogP contribution in [0.5, 0.6) is 0 Å². The van der Waals surface area contributed by atoms with E-state index in [1.165, 1.54) is 7.11 Å². The summed E-state index contributed by atoms with van der Waals surface area (Å²) >= 11 is 0. The van der Waals surface area contributed by atoms with E-state index in [0.29, 0.717) is 18.5 Å². The number of carbonyl (C=O) groups excluding carboxylic acids is 1. The summed E-state index contributed by atoms with van der Waals surface area (Å²) in [6, 6.07) is 0.440. The van der Waals surface area contributed by atoms with Gasteiger partial charge in [-0.2, -0.15) is 0 Å². The van der Waals surface area contributed by atoms with Crippen molar-refractivity contribution in [3.63, 3.8) is 0 Å². The highest BCUT2D eigenvalue weighted by atomic mass is 16.5. The first-order chi connectivity index (χ1) is 8.96. The molecule has 2 rings (SSSR count). The van der Waals surface area contributed by atoms with Gasteiger partial charge in [0.25, 0.3) is 0 Å². The molecule has 0 aromatic carbocycles. The Labute approximate surface area is 114 Å². The number of hydrogen-bond donors (Lipinski definition) is 1. The Balaban J connectivity index is 2.19. The monoisotopic (exact) mass is 265 g/mol. The predicted molar refractivity (Wildman–Crippen MR) is 72.9 cm³/mol. The van der Waals surface area contributed by atoms with E-state index < -0.39 is 5.54 Å². The van der Waals surface area contributed by atoms with Crippen molar-refractivity contribution in [3.8, 4) is 0 Å². The molecule has 5 nitrogen and oxygen atoms in total. The third kappa shape index (κ3) is 3.15. The number of hydrogen-bond acceptors (Lipinski definition) is 4. The first kappa shape index (κ1) is 14.1. The predicted octanol–water partition coefficient (Wildman–Crippen LogP) is 1.69. The number of methoxy groups -OCH3 is 1. The van der Waals surface area contributed by atoms with Gasteiger partial charge in [0.1, 0.15) is 11.4 Å². The highest BCUT2D eigenvalue weighted by Crippen LogP contribution is 2.25. The van der Waals surface area contributed by atoms with Gasteiger partial charge in [0.05, 0.1) is 13.7 Å². The molecule has 1 unspecified atom stereocenters. The summed E-state index contributed by atoms with van der Waals surface area (Å²) in [4.78, 5) is 16.4. The summed E-state index contributed by atoms with van der Waals surface area (Å²) in [6.07, 6.45) is 5.97. The summed E-state index contributed by atoms with van der Waals surface area (Å²) in [5, 5.41) is 3.40. The first-order valence-electron chi connectivity index (χ1n) is 6.83.